The van der Waals surface area contributed by atoms with Crippen LogP contribution in [0.2, 0.25) is 0 Å². The van der Waals surface area contributed by atoms with Crippen molar-refractivity contribution < 1.29 is 13.2 Å². The van der Waals surface area contributed by atoms with Crippen LogP contribution in [0.4, 0.5) is 18.3 Å². The van der Waals surface area contributed by atoms with Crippen LogP contribution in [0.15, 0.2) is 0 Å². The summed E-state index contributed by atoms with van der Waals surface area (Å²) in [6.07, 6.45) is -4.48. The Hall–Kier alpha value is -0.560. The van der Waals surface area contributed by atoms with E-state index in [1.165, 1.54) is 4.90 Å². The molecule has 0 N–H and O–H groups in total. The summed E-state index contributed by atoms with van der Waals surface area (Å²) in [5.41, 5.74) is 0. The lowest BCUT2D eigenvalue weighted by Gasteiger charge is -2.11. The minimum Gasteiger partial charge on any atom is -0.349 e. The Bertz CT molecular complexity index is 301. The molecule has 0 aromatic carbocycles. The third kappa shape index (κ3) is 2.71. The van der Waals surface area contributed by atoms with Crippen molar-refractivity contribution in [2.24, 2.45) is 0 Å². The van der Waals surface area contributed by atoms with Crippen molar-refractivity contribution in [3.05, 3.63) is 5.82 Å². The molecule has 80 valence electrons. The Balaban J connectivity index is 2.78. The predicted octanol–water partition coefficient (Wildman–Crippen LogP) is 2.23. The fourth-order valence-corrected chi connectivity index (χ4v) is 1.63. The van der Waals surface area contributed by atoms with E-state index >= 15 is 0 Å². The molecule has 1 aromatic heterocycles. The summed E-state index contributed by atoms with van der Waals surface area (Å²) >= 11 is 6.15. The van der Waals surface area contributed by atoms with Gasteiger partial charge in [-0.05, 0) is 0 Å². The molecule has 0 saturated carbocycles. The molecule has 0 aliphatic rings. The van der Waals surface area contributed by atoms with Crippen molar-refractivity contribution in [2.75, 3.05) is 24.4 Å². The molecule has 14 heavy (non-hydrogen) atoms. The summed E-state index contributed by atoms with van der Waals surface area (Å²) in [5.74, 6) is -0.767. The Morgan fingerprint density at radius 3 is 2.57 bits per heavy atom. The largest absolute Gasteiger partial charge is 0.452 e. The average molecular weight is 246 g/mol. The summed E-state index contributed by atoms with van der Waals surface area (Å²) in [4.78, 5) is 4.88. The number of halogens is 4. The van der Waals surface area contributed by atoms with Crippen molar-refractivity contribution in [3.8, 4) is 0 Å². The SMILES string of the molecule is CN(CCCl)c1nc(C(F)(F)F)ns1. The molecule has 0 fully saturated rings. The van der Waals surface area contributed by atoms with Gasteiger partial charge in [-0.25, -0.2) is 0 Å². The third-order valence-electron chi connectivity index (χ3n) is 1.42. The van der Waals surface area contributed by atoms with Crippen LogP contribution in [0, 0.1) is 0 Å². The molecule has 0 spiro atoms. The third-order valence-corrected chi connectivity index (χ3v) is 2.41. The van der Waals surface area contributed by atoms with Crippen LogP contribution < -0.4 is 4.90 Å². The van der Waals surface area contributed by atoms with Gasteiger partial charge in [-0.15, -0.1) is 11.6 Å². The first kappa shape index (κ1) is 11.5. The first-order valence-electron chi connectivity index (χ1n) is 3.63. The summed E-state index contributed by atoms with van der Waals surface area (Å²) < 4.78 is 39.5. The zero-order chi connectivity index (χ0) is 10.8. The minimum atomic E-state index is -4.48. The highest BCUT2D eigenvalue weighted by Gasteiger charge is 2.36. The van der Waals surface area contributed by atoms with Gasteiger partial charge in [0.25, 0.3) is 0 Å². The molecule has 0 aliphatic carbocycles. The Morgan fingerprint density at radius 1 is 1.50 bits per heavy atom. The van der Waals surface area contributed by atoms with Gasteiger partial charge in [-0.2, -0.15) is 22.5 Å². The molecule has 0 radical (unpaired) electrons. The number of aromatic nitrogens is 2. The van der Waals surface area contributed by atoms with Gasteiger partial charge in [0.05, 0.1) is 0 Å². The molecule has 8 heteroatoms. The maximum Gasteiger partial charge on any atom is 0.452 e. The summed E-state index contributed by atoms with van der Waals surface area (Å²) in [6.45, 7) is 0.439. The van der Waals surface area contributed by atoms with Crippen LogP contribution in [-0.4, -0.2) is 28.8 Å². The number of nitrogens with zero attached hydrogens (tertiary/aromatic N) is 3. The number of hydrogen-bond acceptors (Lipinski definition) is 4. The number of anilines is 1. The van der Waals surface area contributed by atoms with E-state index in [-0.39, 0.29) is 5.13 Å². The van der Waals surface area contributed by atoms with E-state index in [0.717, 1.165) is 0 Å². The van der Waals surface area contributed by atoms with Crippen molar-refractivity contribution in [1.29, 1.82) is 0 Å². The van der Waals surface area contributed by atoms with Crippen LogP contribution in [-0.2, 0) is 6.18 Å². The standard InChI is InChI=1S/C6H7ClF3N3S/c1-13(3-2-7)5-11-4(12-14-5)6(8,9)10/h2-3H2,1H3. The molecule has 0 bridgehead atoms. The van der Waals surface area contributed by atoms with Gasteiger partial charge in [0, 0.05) is 31.0 Å². The highest BCUT2D eigenvalue weighted by Crippen LogP contribution is 2.29. The lowest BCUT2D eigenvalue weighted by atomic mass is 10.6. The van der Waals surface area contributed by atoms with E-state index in [2.05, 4.69) is 9.36 Å². The van der Waals surface area contributed by atoms with Crippen molar-refractivity contribution in [3.63, 3.8) is 0 Å². The molecule has 1 heterocycles. The van der Waals surface area contributed by atoms with E-state index in [9.17, 15) is 13.2 Å². The second-order valence-corrected chi connectivity index (χ2v) is 3.62. The highest BCUT2D eigenvalue weighted by molar-refractivity contribution is 7.09. The van der Waals surface area contributed by atoms with Gasteiger partial charge in [0.15, 0.2) is 0 Å². The van der Waals surface area contributed by atoms with Gasteiger partial charge in [-0.1, -0.05) is 0 Å². The van der Waals surface area contributed by atoms with Gasteiger partial charge in [0.1, 0.15) is 0 Å². The first-order valence-corrected chi connectivity index (χ1v) is 4.94. The molecule has 3 nitrogen and oxygen atoms in total. The molecule has 0 atom stereocenters. The number of rotatable bonds is 3. The van der Waals surface area contributed by atoms with Gasteiger partial charge in [-0.3, -0.25) is 0 Å². The molecule has 1 aromatic rings. The van der Waals surface area contributed by atoms with E-state index in [1.807, 2.05) is 0 Å². The highest BCUT2D eigenvalue weighted by atomic mass is 35.5. The second-order valence-electron chi connectivity index (χ2n) is 2.51. The van der Waals surface area contributed by atoms with Gasteiger partial charge in [0.2, 0.25) is 11.0 Å². The maximum atomic E-state index is 12.1. The fraction of sp³-hybridized carbons (Fsp3) is 0.667. The van der Waals surface area contributed by atoms with Gasteiger partial charge >= 0.3 is 6.18 Å². The molecule has 1 rings (SSSR count). The molecule has 0 unspecified atom stereocenters. The quantitative estimate of drug-likeness (QED) is 0.765. The lowest BCUT2D eigenvalue weighted by Crippen LogP contribution is -2.19. The van der Waals surface area contributed by atoms with E-state index in [4.69, 9.17) is 11.6 Å². The topological polar surface area (TPSA) is 29.0 Å². The average Bonchev–Trinajstić information content (AvgIpc) is 2.51. The number of alkyl halides is 4. The second kappa shape index (κ2) is 4.31. The maximum absolute atomic E-state index is 12.1. The summed E-state index contributed by atoms with van der Waals surface area (Å²) in [6, 6.07) is 0. The minimum absolute atomic E-state index is 0.220. The summed E-state index contributed by atoms with van der Waals surface area (Å²) in [5, 5.41) is 0.220. The Kier molecular flexibility index (Phi) is 3.54. The molecular weight excluding hydrogens is 239 g/mol. The molecule has 0 aliphatic heterocycles. The Labute approximate surface area is 87.7 Å². The van der Waals surface area contributed by atoms with Crippen molar-refractivity contribution in [2.45, 2.75) is 6.18 Å². The van der Waals surface area contributed by atoms with Crippen LogP contribution in [0.1, 0.15) is 5.82 Å². The van der Waals surface area contributed by atoms with Crippen molar-refractivity contribution >= 4 is 28.3 Å². The van der Waals surface area contributed by atoms with E-state index in [0.29, 0.717) is 24.0 Å². The first-order chi connectivity index (χ1) is 6.45. The molecular formula is C6H7ClF3N3S. The van der Waals surface area contributed by atoms with Crippen molar-refractivity contribution in [1.82, 2.24) is 9.36 Å². The monoisotopic (exact) mass is 245 g/mol. The van der Waals surface area contributed by atoms with Crippen LogP contribution >= 0.6 is 23.1 Å². The summed E-state index contributed by atoms with van der Waals surface area (Å²) in [7, 11) is 1.61. The fourth-order valence-electron chi connectivity index (χ4n) is 0.708. The van der Waals surface area contributed by atoms with Crippen LogP contribution in [0.5, 0.6) is 0 Å². The smallest absolute Gasteiger partial charge is 0.349 e. The number of hydrogen-bond donors (Lipinski definition) is 0. The van der Waals surface area contributed by atoms with Crippen LogP contribution in [0.3, 0.4) is 0 Å². The predicted molar refractivity (Wildman–Crippen MR) is 48.9 cm³/mol. The van der Waals surface area contributed by atoms with E-state index < -0.39 is 12.0 Å². The molecule has 0 saturated heterocycles. The normalized spacial score (nSPS) is 11.8. The van der Waals surface area contributed by atoms with Crippen LogP contribution in [0.25, 0.3) is 0 Å². The lowest BCUT2D eigenvalue weighted by molar-refractivity contribution is -0.144. The zero-order valence-corrected chi connectivity index (χ0v) is 8.75. The van der Waals surface area contributed by atoms with Gasteiger partial charge < -0.3 is 4.90 Å². The molecule has 0 amide bonds. The zero-order valence-electron chi connectivity index (χ0n) is 7.18. The Morgan fingerprint density at radius 2 is 2.14 bits per heavy atom. The van der Waals surface area contributed by atoms with E-state index in [1.54, 1.807) is 7.05 Å².